The van der Waals surface area contributed by atoms with Crippen LogP contribution in [0, 0.1) is 13.8 Å². The van der Waals surface area contributed by atoms with Gasteiger partial charge in [0.2, 0.25) is 5.91 Å². The molecule has 2 aromatic rings. The molecule has 1 aromatic heterocycles. The maximum Gasteiger partial charge on any atom is 0.224 e. The van der Waals surface area contributed by atoms with E-state index in [1.165, 1.54) is 17.3 Å². The molecule has 1 N–H and O–H groups in total. The summed E-state index contributed by atoms with van der Waals surface area (Å²) in [5.41, 5.74) is 5.05. The molecule has 1 aliphatic heterocycles. The van der Waals surface area contributed by atoms with Crippen molar-refractivity contribution in [2.45, 2.75) is 38.4 Å². The van der Waals surface area contributed by atoms with E-state index >= 15 is 0 Å². The molecule has 1 aliphatic rings. The highest BCUT2D eigenvalue weighted by atomic mass is 32.2. The van der Waals surface area contributed by atoms with Crippen molar-refractivity contribution in [3.8, 4) is 0 Å². The molecule has 0 spiro atoms. The van der Waals surface area contributed by atoms with Crippen LogP contribution in [0.2, 0.25) is 0 Å². The van der Waals surface area contributed by atoms with Gasteiger partial charge in [0.05, 0.1) is 13.2 Å². The fourth-order valence-electron chi connectivity index (χ4n) is 3.33. The lowest BCUT2D eigenvalue weighted by Crippen LogP contribution is -2.35. The second kappa shape index (κ2) is 10.0. The molecule has 0 bridgehead atoms. The van der Waals surface area contributed by atoms with Gasteiger partial charge >= 0.3 is 0 Å². The summed E-state index contributed by atoms with van der Waals surface area (Å²) in [4.78, 5) is 23.7. The highest BCUT2D eigenvalue weighted by Gasteiger charge is 2.12. The van der Waals surface area contributed by atoms with Crippen LogP contribution in [-0.4, -0.2) is 53.3 Å². The second-order valence-corrected chi connectivity index (χ2v) is 7.77. The summed E-state index contributed by atoms with van der Waals surface area (Å²) < 4.78 is 5.38. The van der Waals surface area contributed by atoms with Crippen molar-refractivity contribution in [2.75, 3.05) is 37.9 Å². The summed E-state index contributed by atoms with van der Waals surface area (Å²) in [6, 6.07) is 8.10. The van der Waals surface area contributed by atoms with E-state index in [-0.39, 0.29) is 5.91 Å². The van der Waals surface area contributed by atoms with E-state index in [0.29, 0.717) is 12.8 Å². The third kappa shape index (κ3) is 5.77. The number of ether oxygens (including phenoxy) is 1. The van der Waals surface area contributed by atoms with E-state index in [9.17, 15) is 4.79 Å². The maximum absolute atomic E-state index is 12.4. The summed E-state index contributed by atoms with van der Waals surface area (Å²) >= 11 is 1.53. The van der Waals surface area contributed by atoms with Crippen LogP contribution in [0.5, 0.6) is 0 Å². The number of hydrogen-bond donors (Lipinski definition) is 1. The number of thioether (sulfide) groups is 1. The Labute approximate surface area is 171 Å². The molecule has 2 heterocycles. The third-order valence-corrected chi connectivity index (χ3v) is 5.48. The topological polar surface area (TPSA) is 67.4 Å². The zero-order valence-electron chi connectivity index (χ0n) is 16.8. The smallest absolute Gasteiger partial charge is 0.224 e. The fourth-order valence-corrected chi connectivity index (χ4v) is 3.79. The molecule has 28 heavy (non-hydrogen) atoms. The van der Waals surface area contributed by atoms with Gasteiger partial charge in [0.25, 0.3) is 0 Å². The van der Waals surface area contributed by atoms with Crippen molar-refractivity contribution < 1.29 is 9.53 Å². The van der Waals surface area contributed by atoms with E-state index in [1.54, 1.807) is 0 Å². The van der Waals surface area contributed by atoms with Crippen molar-refractivity contribution in [1.82, 2.24) is 14.9 Å². The standard InChI is InChI=1S/C21H28N4O2S/c1-15-19(16(2)23-21(22-15)28-3)8-9-20(26)24-18-6-4-17(5-7-18)14-25-10-12-27-13-11-25/h4-7H,8-14H2,1-3H3,(H,24,26). The number of carbonyl (C=O) groups is 1. The van der Waals surface area contributed by atoms with Gasteiger partial charge in [-0.25, -0.2) is 9.97 Å². The zero-order valence-corrected chi connectivity index (χ0v) is 17.6. The SMILES string of the molecule is CSc1nc(C)c(CCC(=O)Nc2ccc(CN3CCOCC3)cc2)c(C)n1. The molecular formula is C21H28N4O2S. The summed E-state index contributed by atoms with van der Waals surface area (Å²) in [5.74, 6) is 0.00803. The number of morpholine rings is 1. The van der Waals surface area contributed by atoms with Gasteiger partial charge in [-0.2, -0.15) is 0 Å². The minimum Gasteiger partial charge on any atom is -0.379 e. The molecule has 1 amide bonds. The Morgan fingerprint density at radius 2 is 1.79 bits per heavy atom. The Bertz CT molecular complexity index is 782. The number of aryl methyl sites for hydroxylation is 2. The molecule has 150 valence electrons. The van der Waals surface area contributed by atoms with Gasteiger partial charge in [0.15, 0.2) is 5.16 Å². The van der Waals surface area contributed by atoms with Crippen molar-refractivity contribution in [2.24, 2.45) is 0 Å². The number of carbonyl (C=O) groups excluding carboxylic acids is 1. The van der Waals surface area contributed by atoms with Gasteiger partial charge in [0, 0.05) is 43.1 Å². The van der Waals surface area contributed by atoms with Gasteiger partial charge in [-0.3, -0.25) is 9.69 Å². The number of benzene rings is 1. The minimum atomic E-state index is 0.00803. The number of aromatic nitrogens is 2. The van der Waals surface area contributed by atoms with Gasteiger partial charge in [-0.1, -0.05) is 23.9 Å². The van der Waals surface area contributed by atoms with Crippen molar-refractivity contribution in [1.29, 1.82) is 0 Å². The number of nitrogens with one attached hydrogen (secondary N) is 1. The third-order valence-electron chi connectivity index (χ3n) is 4.93. The Balaban J connectivity index is 1.51. The lowest BCUT2D eigenvalue weighted by molar-refractivity contribution is -0.116. The molecule has 1 saturated heterocycles. The molecule has 3 rings (SSSR count). The first-order valence-corrected chi connectivity index (χ1v) is 10.8. The Morgan fingerprint density at radius 1 is 1.14 bits per heavy atom. The van der Waals surface area contributed by atoms with Crippen molar-refractivity contribution in [3.63, 3.8) is 0 Å². The first-order valence-electron chi connectivity index (χ1n) is 9.62. The molecule has 1 aromatic carbocycles. The predicted octanol–water partition coefficient (Wildman–Crippen LogP) is 3.22. The van der Waals surface area contributed by atoms with Gasteiger partial charge < -0.3 is 10.1 Å². The second-order valence-electron chi connectivity index (χ2n) is 6.99. The first-order chi connectivity index (χ1) is 13.5. The monoisotopic (exact) mass is 400 g/mol. The molecule has 1 fully saturated rings. The summed E-state index contributed by atoms with van der Waals surface area (Å²) in [6.07, 6.45) is 3.03. The number of amides is 1. The predicted molar refractivity (Wildman–Crippen MR) is 113 cm³/mol. The van der Waals surface area contributed by atoms with E-state index in [0.717, 1.165) is 60.6 Å². The molecule has 6 nitrogen and oxygen atoms in total. The van der Waals surface area contributed by atoms with Crippen molar-refractivity contribution >= 4 is 23.4 Å². The van der Waals surface area contributed by atoms with E-state index in [1.807, 2.05) is 32.2 Å². The average molecular weight is 401 g/mol. The highest BCUT2D eigenvalue weighted by Crippen LogP contribution is 2.18. The van der Waals surface area contributed by atoms with Crippen LogP contribution in [0.25, 0.3) is 0 Å². The Kier molecular flexibility index (Phi) is 7.42. The van der Waals surface area contributed by atoms with Crippen LogP contribution in [0.4, 0.5) is 5.69 Å². The van der Waals surface area contributed by atoms with E-state index < -0.39 is 0 Å². The van der Waals surface area contributed by atoms with Crippen LogP contribution in [0.1, 0.15) is 28.9 Å². The normalized spacial score (nSPS) is 14.8. The Hall–Kier alpha value is -1.96. The molecule has 0 radical (unpaired) electrons. The number of nitrogens with zero attached hydrogens (tertiary/aromatic N) is 3. The summed E-state index contributed by atoms with van der Waals surface area (Å²) in [6.45, 7) is 8.43. The molecular weight excluding hydrogens is 372 g/mol. The average Bonchev–Trinajstić information content (AvgIpc) is 2.69. The van der Waals surface area contributed by atoms with Gasteiger partial charge in [-0.15, -0.1) is 0 Å². The van der Waals surface area contributed by atoms with Crippen LogP contribution in [0.15, 0.2) is 29.4 Å². The van der Waals surface area contributed by atoms with Gasteiger partial charge in [-0.05, 0) is 49.8 Å². The van der Waals surface area contributed by atoms with Crippen LogP contribution in [-0.2, 0) is 22.5 Å². The number of anilines is 1. The molecule has 0 unspecified atom stereocenters. The zero-order chi connectivity index (χ0) is 19.9. The van der Waals surface area contributed by atoms with Crippen LogP contribution in [0.3, 0.4) is 0 Å². The van der Waals surface area contributed by atoms with E-state index in [4.69, 9.17) is 4.74 Å². The lowest BCUT2D eigenvalue weighted by Gasteiger charge is -2.26. The highest BCUT2D eigenvalue weighted by molar-refractivity contribution is 7.98. The molecule has 0 aliphatic carbocycles. The lowest BCUT2D eigenvalue weighted by atomic mass is 10.1. The fraction of sp³-hybridized carbons (Fsp3) is 0.476. The van der Waals surface area contributed by atoms with Gasteiger partial charge in [0.1, 0.15) is 0 Å². The molecule has 0 atom stereocenters. The number of hydrogen-bond acceptors (Lipinski definition) is 6. The van der Waals surface area contributed by atoms with Crippen molar-refractivity contribution in [3.05, 3.63) is 46.8 Å². The minimum absolute atomic E-state index is 0.00803. The summed E-state index contributed by atoms with van der Waals surface area (Å²) in [5, 5.41) is 3.77. The largest absolute Gasteiger partial charge is 0.379 e. The van der Waals surface area contributed by atoms with Crippen LogP contribution < -0.4 is 5.32 Å². The van der Waals surface area contributed by atoms with E-state index in [2.05, 4.69) is 32.3 Å². The first kappa shape index (κ1) is 20.8. The summed E-state index contributed by atoms with van der Waals surface area (Å²) in [7, 11) is 0. The van der Waals surface area contributed by atoms with Crippen LogP contribution >= 0.6 is 11.8 Å². The number of rotatable bonds is 7. The molecule has 0 saturated carbocycles. The Morgan fingerprint density at radius 3 is 2.39 bits per heavy atom. The maximum atomic E-state index is 12.4. The molecule has 7 heteroatoms. The quantitative estimate of drug-likeness (QED) is 0.569.